The standard InChI is InChI=1S/C21H16N2/c22-14-19(21-13-18-7-3-4-8-20(18)23-21)12-15-9-10-16-5-1-2-6-17(16)11-15/h1-11,13,19,23H,12H2. The monoisotopic (exact) mass is 296 g/mol. The normalized spacial score (nSPS) is 12.3. The first-order valence-corrected chi connectivity index (χ1v) is 7.78. The van der Waals surface area contributed by atoms with Crippen LogP contribution in [-0.2, 0) is 6.42 Å². The topological polar surface area (TPSA) is 39.6 Å². The number of aromatic amines is 1. The van der Waals surface area contributed by atoms with Gasteiger partial charge in [-0.25, -0.2) is 0 Å². The predicted octanol–water partition coefficient (Wildman–Crippen LogP) is 5.17. The zero-order valence-corrected chi connectivity index (χ0v) is 12.7. The fourth-order valence-corrected chi connectivity index (χ4v) is 3.11. The third kappa shape index (κ3) is 2.58. The second-order valence-corrected chi connectivity index (χ2v) is 5.88. The molecule has 0 radical (unpaired) electrons. The van der Waals surface area contributed by atoms with Crippen LogP contribution in [0.3, 0.4) is 0 Å². The molecule has 0 aliphatic rings. The summed E-state index contributed by atoms with van der Waals surface area (Å²) in [5, 5.41) is 13.2. The fourth-order valence-electron chi connectivity index (χ4n) is 3.11. The van der Waals surface area contributed by atoms with Crippen molar-refractivity contribution < 1.29 is 0 Å². The molecule has 0 amide bonds. The first kappa shape index (κ1) is 13.6. The maximum atomic E-state index is 9.61. The molecule has 3 aromatic carbocycles. The van der Waals surface area contributed by atoms with Crippen LogP contribution in [0, 0.1) is 11.3 Å². The molecule has 4 aromatic rings. The summed E-state index contributed by atoms with van der Waals surface area (Å²) in [5.41, 5.74) is 3.26. The highest BCUT2D eigenvalue weighted by molar-refractivity contribution is 5.83. The van der Waals surface area contributed by atoms with Crippen LogP contribution in [0.5, 0.6) is 0 Å². The minimum absolute atomic E-state index is 0.163. The lowest BCUT2D eigenvalue weighted by atomic mass is 9.96. The molecule has 110 valence electrons. The number of aromatic nitrogens is 1. The molecule has 0 spiro atoms. The van der Waals surface area contributed by atoms with Gasteiger partial charge in [-0.2, -0.15) is 5.26 Å². The van der Waals surface area contributed by atoms with Gasteiger partial charge in [-0.3, -0.25) is 0 Å². The Hall–Kier alpha value is -3.05. The summed E-state index contributed by atoms with van der Waals surface area (Å²) in [5.74, 6) is -0.163. The SMILES string of the molecule is N#CC(Cc1ccc2ccccc2c1)c1cc2ccccc2[nH]1. The van der Waals surface area contributed by atoms with Crippen molar-refractivity contribution in [3.8, 4) is 6.07 Å². The molecule has 0 aliphatic carbocycles. The largest absolute Gasteiger partial charge is 0.357 e. The van der Waals surface area contributed by atoms with E-state index < -0.39 is 0 Å². The van der Waals surface area contributed by atoms with E-state index in [9.17, 15) is 5.26 Å². The first-order chi connectivity index (χ1) is 11.3. The molecular weight excluding hydrogens is 280 g/mol. The molecule has 0 aliphatic heterocycles. The number of H-pyrrole nitrogens is 1. The van der Waals surface area contributed by atoms with Gasteiger partial charge in [0.25, 0.3) is 0 Å². The number of rotatable bonds is 3. The van der Waals surface area contributed by atoms with Gasteiger partial charge in [0.2, 0.25) is 0 Å². The highest BCUT2D eigenvalue weighted by Gasteiger charge is 2.14. The Morgan fingerprint density at radius 3 is 2.35 bits per heavy atom. The van der Waals surface area contributed by atoms with Gasteiger partial charge in [0, 0.05) is 11.2 Å². The molecule has 23 heavy (non-hydrogen) atoms. The molecule has 4 rings (SSSR count). The van der Waals surface area contributed by atoms with Crippen molar-refractivity contribution in [1.82, 2.24) is 4.98 Å². The molecule has 1 N–H and O–H groups in total. The molecule has 1 heterocycles. The van der Waals surface area contributed by atoms with E-state index in [-0.39, 0.29) is 5.92 Å². The average Bonchev–Trinajstić information content (AvgIpc) is 3.03. The Morgan fingerprint density at radius 1 is 0.826 bits per heavy atom. The molecule has 0 saturated heterocycles. The van der Waals surface area contributed by atoms with E-state index in [0.717, 1.165) is 16.6 Å². The van der Waals surface area contributed by atoms with Gasteiger partial charge >= 0.3 is 0 Å². The van der Waals surface area contributed by atoms with Crippen molar-refractivity contribution in [1.29, 1.82) is 5.26 Å². The lowest BCUT2D eigenvalue weighted by Gasteiger charge is -2.08. The number of nitrogens with zero attached hydrogens (tertiary/aromatic N) is 1. The van der Waals surface area contributed by atoms with E-state index in [4.69, 9.17) is 0 Å². The van der Waals surface area contributed by atoms with Crippen molar-refractivity contribution in [2.75, 3.05) is 0 Å². The highest BCUT2D eigenvalue weighted by atomic mass is 14.7. The maximum Gasteiger partial charge on any atom is 0.0903 e. The van der Waals surface area contributed by atoms with Crippen LogP contribution < -0.4 is 0 Å². The fraction of sp³-hybridized carbons (Fsp3) is 0.0952. The second-order valence-electron chi connectivity index (χ2n) is 5.88. The molecule has 1 unspecified atom stereocenters. The van der Waals surface area contributed by atoms with Crippen molar-refractivity contribution in [3.05, 3.63) is 84.1 Å². The van der Waals surface area contributed by atoms with Crippen LogP contribution in [-0.4, -0.2) is 4.98 Å². The van der Waals surface area contributed by atoms with E-state index in [0.29, 0.717) is 6.42 Å². The van der Waals surface area contributed by atoms with Gasteiger partial charge in [-0.15, -0.1) is 0 Å². The Bertz CT molecular complexity index is 988. The molecule has 2 heteroatoms. The van der Waals surface area contributed by atoms with Crippen LogP contribution in [0.1, 0.15) is 17.2 Å². The summed E-state index contributed by atoms with van der Waals surface area (Å²) in [7, 11) is 0. The summed E-state index contributed by atoms with van der Waals surface area (Å²) in [6.07, 6.45) is 0.716. The number of hydrogen-bond acceptors (Lipinski definition) is 1. The van der Waals surface area contributed by atoms with Crippen molar-refractivity contribution >= 4 is 21.7 Å². The molecule has 0 bridgehead atoms. The van der Waals surface area contributed by atoms with Crippen LogP contribution in [0.4, 0.5) is 0 Å². The number of benzene rings is 3. The molecule has 0 saturated carbocycles. The van der Waals surface area contributed by atoms with Gasteiger partial charge in [-0.1, -0.05) is 60.7 Å². The second kappa shape index (κ2) is 5.62. The number of fused-ring (bicyclic) bond motifs is 2. The van der Waals surface area contributed by atoms with Crippen LogP contribution in [0.15, 0.2) is 72.8 Å². The van der Waals surface area contributed by atoms with E-state index in [1.165, 1.54) is 16.3 Å². The van der Waals surface area contributed by atoms with Gasteiger partial charge in [0.15, 0.2) is 0 Å². The number of nitrogens with one attached hydrogen (secondary N) is 1. The van der Waals surface area contributed by atoms with E-state index >= 15 is 0 Å². The summed E-state index contributed by atoms with van der Waals surface area (Å²) in [6.45, 7) is 0. The predicted molar refractivity (Wildman–Crippen MR) is 94.3 cm³/mol. The van der Waals surface area contributed by atoms with E-state index in [2.05, 4.69) is 53.5 Å². The lowest BCUT2D eigenvalue weighted by Crippen LogP contribution is -2.00. The van der Waals surface area contributed by atoms with Crippen LogP contribution >= 0.6 is 0 Å². The minimum atomic E-state index is -0.163. The van der Waals surface area contributed by atoms with Gasteiger partial charge in [0.05, 0.1) is 12.0 Å². The zero-order chi connectivity index (χ0) is 15.6. The number of hydrogen-bond donors (Lipinski definition) is 1. The molecule has 1 atom stereocenters. The maximum absolute atomic E-state index is 9.61. The minimum Gasteiger partial charge on any atom is -0.357 e. The van der Waals surface area contributed by atoms with Gasteiger partial charge in [-0.05, 0) is 40.3 Å². The van der Waals surface area contributed by atoms with Crippen molar-refractivity contribution in [2.24, 2.45) is 0 Å². The lowest BCUT2D eigenvalue weighted by molar-refractivity contribution is 0.826. The number of nitriles is 1. The Morgan fingerprint density at radius 2 is 1.57 bits per heavy atom. The Labute approximate surface area is 135 Å². The van der Waals surface area contributed by atoms with Crippen molar-refractivity contribution in [2.45, 2.75) is 12.3 Å². The third-order valence-electron chi connectivity index (χ3n) is 4.34. The molecule has 2 nitrogen and oxygen atoms in total. The molecule has 1 aromatic heterocycles. The van der Waals surface area contributed by atoms with Gasteiger partial charge < -0.3 is 4.98 Å². The van der Waals surface area contributed by atoms with Crippen LogP contribution in [0.25, 0.3) is 21.7 Å². The number of para-hydroxylation sites is 1. The molecular formula is C21H16N2. The Kier molecular flexibility index (Phi) is 3.33. The summed E-state index contributed by atoms with van der Waals surface area (Å²) in [6, 6.07) is 27.4. The smallest absolute Gasteiger partial charge is 0.0903 e. The molecule has 0 fully saturated rings. The third-order valence-corrected chi connectivity index (χ3v) is 4.34. The van der Waals surface area contributed by atoms with Crippen molar-refractivity contribution in [3.63, 3.8) is 0 Å². The zero-order valence-electron chi connectivity index (χ0n) is 12.7. The average molecular weight is 296 g/mol. The summed E-state index contributed by atoms with van der Waals surface area (Å²) >= 11 is 0. The summed E-state index contributed by atoms with van der Waals surface area (Å²) < 4.78 is 0. The van der Waals surface area contributed by atoms with Crippen LogP contribution in [0.2, 0.25) is 0 Å². The quantitative estimate of drug-likeness (QED) is 0.556. The van der Waals surface area contributed by atoms with E-state index in [1.54, 1.807) is 0 Å². The first-order valence-electron chi connectivity index (χ1n) is 7.78. The Balaban J connectivity index is 1.68. The van der Waals surface area contributed by atoms with Gasteiger partial charge in [0.1, 0.15) is 0 Å². The highest BCUT2D eigenvalue weighted by Crippen LogP contribution is 2.25. The van der Waals surface area contributed by atoms with E-state index in [1.807, 2.05) is 30.3 Å². The summed E-state index contributed by atoms with van der Waals surface area (Å²) in [4.78, 5) is 3.38.